The topological polar surface area (TPSA) is 233 Å². The van der Waals surface area contributed by atoms with Gasteiger partial charge in [-0.2, -0.15) is 10.1 Å². The molecule has 2 aromatic rings. The Kier molecular flexibility index (Phi) is 10.8. The Morgan fingerprint density at radius 2 is 2.05 bits per heavy atom. The number of carbonyl (C=O) groups excluding carboxylic acids is 1. The zero-order valence-electron chi connectivity index (χ0n) is 22.4. The molecule has 6 atom stereocenters. The van der Waals surface area contributed by atoms with E-state index in [-0.39, 0.29) is 30.5 Å². The molecular formula is C23H31ClN7O9P. The average molecular weight is 616 g/mol. The molecule has 18 heteroatoms. The number of azide groups is 1. The zero-order chi connectivity index (χ0) is 30.4. The molecule has 224 valence electrons. The summed E-state index contributed by atoms with van der Waals surface area (Å²) in [5, 5.41) is 28.0. The number of carbonyl (C=O) groups is 1. The quantitative estimate of drug-likeness (QED) is 0.0836. The van der Waals surface area contributed by atoms with Gasteiger partial charge in [0, 0.05) is 16.1 Å². The Morgan fingerprint density at radius 3 is 2.63 bits per heavy atom. The van der Waals surface area contributed by atoms with Crippen LogP contribution in [-0.2, 0) is 23.4 Å². The van der Waals surface area contributed by atoms with Crippen LogP contribution in [0.1, 0.15) is 33.4 Å². The summed E-state index contributed by atoms with van der Waals surface area (Å²) >= 11 is 5.93. The van der Waals surface area contributed by atoms with E-state index in [0.717, 1.165) is 10.8 Å². The number of anilines is 1. The largest absolute Gasteiger partial charge is 0.465 e. The summed E-state index contributed by atoms with van der Waals surface area (Å²) in [6, 6.07) is 5.80. The summed E-state index contributed by atoms with van der Waals surface area (Å²) in [6.07, 6.45) is -4.08. The molecule has 2 unspecified atom stereocenters. The molecule has 1 aliphatic heterocycles. The minimum atomic E-state index is -4.57. The third-order valence-electron chi connectivity index (χ3n) is 5.82. The van der Waals surface area contributed by atoms with Crippen LogP contribution in [0, 0.1) is 5.92 Å². The first kappa shape index (κ1) is 32.3. The minimum absolute atomic E-state index is 0.0283. The highest BCUT2D eigenvalue weighted by Crippen LogP contribution is 2.48. The van der Waals surface area contributed by atoms with Crippen LogP contribution < -0.4 is 21.0 Å². The van der Waals surface area contributed by atoms with Crippen molar-refractivity contribution >= 4 is 31.1 Å². The fraction of sp³-hybridized carbons (Fsp3) is 0.522. The second-order valence-electron chi connectivity index (χ2n) is 9.40. The molecule has 0 amide bonds. The Balaban J connectivity index is 1.96. The molecular weight excluding hydrogens is 585 g/mol. The lowest BCUT2D eigenvalue weighted by Gasteiger charge is -2.30. The second kappa shape index (κ2) is 13.6. The van der Waals surface area contributed by atoms with E-state index in [1.807, 2.05) is 13.8 Å². The number of benzene rings is 1. The Morgan fingerprint density at radius 1 is 1.37 bits per heavy atom. The predicted octanol–water partition coefficient (Wildman–Crippen LogP) is 2.51. The molecule has 0 spiro atoms. The number of nitrogens with one attached hydrogen (secondary N) is 1. The Hall–Kier alpha value is -3.20. The fourth-order valence-electron chi connectivity index (χ4n) is 3.93. The van der Waals surface area contributed by atoms with Gasteiger partial charge < -0.3 is 29.9 Å². The van der Waals surface area contributed by atoms with Crippen molar-refractivity contribution in [2.45, 2.75) is 57.4 Å². The van der Waals surface area contributed by atoms with Gasteiger partial charge in [-0.15, -0.1) is 0 Å². The number of aromatic nitrogens is 2. The maximum absolute atomic E-state index is 14.1. The maximum atomic E-state index is 14.1. The van der Waals surface area contributed by atoms with Gasteiger partial charge >= 0.3 is 19.4 Å². The summed E-state index contributed by atoms with van der Waals surface area (Å²) in [5.41, 5.74) is 11.4. The van der Waals surface area contributed by atoms with Crippen molar-refractivity contribution in [3.8, 4) is 5.75 Å². The van der Waals surface area contributed by atoms with Crippen molar-refractivity contribution in [3.63, 3.8) is 0 Å². The lowest BCUT2D eigenvalue weighted by atomic mass is 10.1. The number of ether oxygens (including phenoxy) is 2. The molecule has 1 fully saturated rings. The highest BCUT2D eigenvalue weighted by Gasteiger charge is 2.56. The number of aliphatic hydroxyl groups is 2. The Bertz CT molecular complexity index is 1370. The van der Waals surface area contributed by atoms with E-state index in [0.29, 0.717) is 5.02 Å². The average Bonchev–Trinajstić information content (AvgIpc) is 3.14. The number of halogens is 1. The van der Waals surface area contributed by atoms with Crippen LogP contribution in [0.3, 0.4) is 0 Å². The molecule has 0 radical (unpaired) electrons. The van der Waals surface area contributed by atoms with Crippen molar-refractivity contribution in [3.05, 3.63) is 62.5 Å². The fourth-order valence-corrected chi connectivity index (χ4v) is 5.58. The molecule has 0 saturated carbocycles. The Labute approximate surface area is 239 Å². The van der Waals surface area contributed by atoms with Crippen LogP contribution >= 0.6 is 19.3 Å². The van der Waals surface area contributed by atoms with E-state index in [9.17, 15) is 29.9 Å². The molecule has 1 aromatic heterocycles. The van der Waals surface area contributed by atoms with Crippen molar-refractivity contribution < 1.29 is 38.1 Å². The molecule has 1 aliphatic rings. The van der Waals surface area contributed by atoms with Gasteiger partial charge in [0.05, 0.1) is 13.2 Å². The van der Waals surface area contributed by atoms with Gasteiger partial charge in [0.25, 0.3) is 0 Å². The lowest BCUT2D eigenvalue weighted by molar-refractivity contribution is -0.145. The van der Waals surface area contributed by atoms with Crippen LogP contribution in [-0.4, -0.2) is 62.9 Å². The number of nitrogens with zero attached hydrogens (tertiary/aromatic N) is 5. The van der Waals surface area contributed by atoms with E-state index < -0.39 is 56.2 Å². The SMILES string of the molecule is CCOC(=O)[C@H](CC(C)C)NP(=O)(OCC1(N=[N+]=[N-])O[C@@H](n2ccc(N)nc2=O)[C@H](O)[C@@H]1O)Oc1ccc(Cl)cc1. The molecule has 41 heavy (non-hydrogen) atoms. The monoisotopic (exact) mass is 615 g/mol. The van der Waals surface area contributed by atoms with Crippen LogP contribution in [0.15, 0.2) is 46.4 Å². The standard InChI is InChI=1S/C23H31ClN7O9P/c1-4-37-21(34)16(11-13(2)3)28-41(36,40-15-7-5-14(24)6-8-15)38-12-23(29-30-26)19(33)18(32)20(39-23)31-10-9-17(25)27-22(31)35/h5-10,13,16,18-20,32-33H,4,11-12H2,1-3H3,(H,28,36)(H2,25,27,35)/t16-,18+,19-,20+,23?,41?/m0/s1. The lowest BCUT2D eigenvalue weighted by Crippen LogP contribution is -2.46. The molecule has 2 heterocycles. The molecule has 0 aliphatic carbocycles. The summed E-state index contributed by atoms with van der Waals surface area (Å²) < 4.78 is 36.9. The van der Waals surface area contributed by atoms with Crippen molar-refractivity contribution in [1.29, 1.82) is 0 Å². The molecule has 0 bridgehead atoms. The number of esters is 1. The zero-order valence-corrected chi connectivity index (χ0v) is 24.0. The van der Waals surface area contributed by atoms with Gasteiger partial charge in [0.2, 0.25) is 5.72 Å². The first-order valence-electron chi connectivity index (χ1n) is 12.4. The predicted molar refractivity (Wildman–Crippen MR) is 146 cm³/mol. The first-order chi connectivity index (χ1) is 19.3. The van der Waals surface area contributed by atoms with E-state index in [1.165, 1.54) is 30.3 Å². The van der Waals surface area contributed by atoms with Gasteiger partial charge in [-0.05, 0) is 55.1 Å². The van der Waals surface area contributed by atoms with E-state index in [2.05, 4.69) is 20.1 Å². The van der Waals surface area contributed by atoms with E-state index >= 15 is 0 Å². The highest BCUT2D eigenvalue weighted by atomic mass is 35.5. The van der Waals surface area contributed by atoms with Crippen LogP contribution in [0.4, 0.5) is 5.82 Å². The maximum Gasteiger partial charge on any atom is 0.459 e. The number of hydrogen-bond acceptors (Lipinski definition) is 12. The molecule has 1 aromatic carbocycles. The van der Waals surface area contributed by atoms with Gasteiger partial charge in [-0.1, -0.05) is 30.6 Å². The van der Waals surface area contributed by atoms with Crippen LogP contribution in [0.5, 0.6) is 5.75 Å². The van der Waals surface area contributed by atoms with E-state index in [1.54, 1.807) is 6.92 Å². The molecule has 5 N–H and O–H groups in total. The van der Waals surface area contributed by atoms with Crippen molar-refractivity contribution in [2.75, 3.05) is 18.9 Å². The molecule has 3 rings (SSSR count). The molecule has 1 saturated heterocycles. The van der Waals surface area contributed by atoms with Gasteiger partial charge in [0.15, 0.2) is 6.23 Å². The number of rotatable bonds is 13. The number of nitrogens with two attached hydrogens (primary N) is 1. The summed E-state index contributed by atoms with van der Waals surface area (Å²) in [6.45, 7) is 4.36. The van der Waals surface area contributed by atoms with Crippen molar-refractivity contribution in [1.82, 2.24) is 14.6 Å². The van der Waals surface area contributed by atoms with Crippen LogP contribution in [0.25, 0.3) is 10.4 Å². The smallest absolute Gasteiger partial charge is 0.459 e. The van der Waals surface area contributed by atoms with Gasteiger partial charge in [0.1, 0.15) is 29.8 Å². The van der Waals surface area contributed by atoms with Gasteiger partial charge in [-0.3, -0.25) is 13.9 Å². The van der Waals surface area contributed by atoms with Gasteiger partial charge in [-0.25, -0.2) is 9.36 Å². The first-order valence-corrected chi connectivity index (χ1v) is 14.3. The van der Waals surface area contributed by atoms with Crippen LogP contribution in [0.2, 0.25) is 5.02 Å². The third-order valence-corrected chi connectivity index (χ3v) is 7.62. The highest BCUT2D eigenvalue weighted by molar-refractivity contribution is 7.52. The summed E-state index contributed by atoms with van der Waals surface area (Å²) in [5.74, 6) is -0.858. The number of nitrogen functional groups attached to an aromatic ring is 1. The molecule has 16 nitrogen and oxygen atoms in total. The van der Waals surface area contributed by atoms with Crippen molar-refractivity contribution in [2.24, 2.45) is 11.0 Å². The number of aliphatic hydroxyl groups excluding tert-OH is 2. The normalized spacial score (nSPS) is 24.3. The second-order valence-corrected chi connectivity index (χ2v) is 11.5. The third kappa shape index (κ3) is 7.97. The summed E-state index contributed by atoms with van der Waals surface area (Å²) in [4.78, 5) is 31.3. The minimum Gasteiger partial charge on any atom is -0.465 e. The summed E-state index contributed by atoms with van der Waals surface area (Å²) in [7, 11) is -4.57. The van der Waals surface area contributed by atoms with E-state index in [4.69, 9.17) is 35.9 Å². The number of hydrogen-bond donors (Lipinski definition) is 4.